The van der Waals surface area contributed by atoms with E-state index in [1.807, 2.05) is 34.1 Å². The van der Waals surface area contributed by atoms with Gasteiger partial charge in [-0.1, -0.05) is 32.0 Å². The van der Waals surface area contributed by atoms with E-state index in [-0.39, 0.29) is 6.03 Å². The molecule has 0 atom stereocenters. The van der Waals surface area contributed by atoms with Gasteiger partial charge in [0.25, 0.3) is 0 Å². The first-order valence-corrected chi connectivity index (χ1v) is 7.99. The summed E-state index contributed by atoms with van der Waals surface area (Å²) in [5, 5.41) is 0. The van der Waals surface area contributed by atoms with Crippen LogP contribution in [0.1, 0.15) is 38.7 Å². The fraction of sp³-hybridized carbons (Fsp3) is 0.588. The lowest BCUT2D eigenvalue weighted by molar-refractivity contribution is 0.132. The van der Waals surface area contributed by atoms with Crippen molar-refractivity contribution >= 4 is 11.7 Å². The predicted molar refractivity (Wildman–Crippen MR) is 86.9 cm³/mol. The molecule has 0 radical (unpaired) electrons. The number of benzene rings is 1. The number of rotatable bonds is 4. The van der Waals surface area contributed by atoms with Gasteiger partial charge in [0.05, 0.1) is 0 Å². The molecule has 1 aromatic rings. The van der Waals surface area contributed by atoms with E-state index in [1.54, 1.807) is 0 Å². The smallest absolute Gasteiger partial charge is 0.320 e. The van der Waals surface area contributed by atoms with E-state index in [0.29, 0.717) is 6.54 Å². The molecule has 116 valence electrons. The van der Waals surface area contributed by atoms with E-state index in [4.69, 9.17) is 5.73 Å². The molecule has 0 unspecified atom stereocenters. The minimum atomic E-state index is 0.159. The quantitative estimate of drug-likeness (QED) is 0.864. The van der Waals surface area contributed by atoms with Crippen molar-refractivity contribution < 1.29 is 4.79 Å². The number of nitrogens with two attached hydrogens (primary N) is 1. The topological polar surface area (TPSA) is 49.6 Å². The minimum absolute atomic E-state index is 0.159. The number of hydrogen-bond acceptors (Lipinski definition) is 2. The third-order valence-electron chi connectivity index (χ3n) is 4.23. The Kier molecular flexibility index (Phi) is 5.48. The molecule has 1 fully saturated rings. The summed E-state index contributed by atoms with van der Waals surface area (Å²) in [6.07, 6.45) is 3.18. The molecule has 4 nitrogen and oxygen atoms in total. The number of amides is 2. The Labute approximate surface area is 127 Å². The van der Waals surface area contributed by atoms with Crippen molar-refractivity contribution in [1.29, 1.82) is 0 Å². The van der Waals surface area contributed by atoms with Crippen molar-refractivity contribution in [1.82, 2.24) is 9.80 Å². The second kappa shape index (κ2) is 7.34. The number of para-hydroxylation sites is 1. The highest BCUT2D eigenvalue weighted by Gasteiger charge is 2.24. The fourth-order valence-corrected chi connectivity index (χ4v) is 2.80. The van der Waals surface area contributed by atoms with Crippen LogP contribution < -0.4 is 5.73 Å². The number of nitrogens with zero attached hydrogens (tertiary/aromatic N) is 2. The average Bonchev–Trinajstić information content (AvgIpc) is 2.49. The average molecular weight is 289 g/mol. The molecule has 1 saturated heterocycles. The Bertz CT molecular complexity index is 467. The van der Waals surface area contributed by atoms with Crippen LogP contribution in [0.2, 0.25) is 0 Å². The van der Waals surface area contributed by atoms with Gasteiger partial charge in [-0.2, -0.15) is 0 Å². The number of carbonyl (C=O) groups is 1. The normalized spacial score (nSPS) is 16.0. The van der Waals surface area contributed by atoms with Crippen LogP contribution in [0.25, 0.3) is 0 Å². The van der Waals surface area contributed by atoms with Gasteiger partial charge in [0.2, 0.25) is 0 Å². The number of anilines is 1. The molecule has 0 bridgehead atoms. The second-order valence-corrected chi connectivity index (χ2v) is 6.07. The van der Waals surface area contributed by atoms with E-state index in [9.17, 15) is 4.79 Å². The molecule has 2 N–H and O–H groups in total. The highest BCUT2D eigenvalue weighted by atomic mass is 16.2. The summed E-state index contributed by atoms with van der Waals surface area (Å²) in [4.78, 5) is 16.6. The first-order chi connectivity index (χ1) is 10.1. The van der Waals surface area contributed by atoms with Crippen LogP contribution in [0.5, 0.6) is 0 Å². The standard InChI is InChI=1S/C17H27N3O/c1-3-10-20(13-15-6-4-5-7-16(15)18)17(21)19-11-8-14(2)9-12-19/h4-7,14H,3,8-13,18H2,1-2H3. The van der Waals surface area contributed by atoms with Gasteiger partial charge in [-0.15, -0.1) is 0 Å². The zero-order valence-electron chi connectivity index (χ0n) is 13.2. The van der Waals surface area contributed by atoms with E-state index < -0.39 is 0 Å². The van der Waals surface area contributed by atoms with Crippen molar-refractivity contribution in [2.45, 2.75) is 39.7 Å². The Morgan fingerprint density at radius 3 is 2.62 bits per heavy atom. The van der Waals surface area contributed by atoms with Gasteiger partial charge in [-0.25, -0.2) is 4.79 Å². The SMILES string of the molecule is CCCN(Cc1ccccc1N)C(=O)N1CCC(C)CC1. The van der Waals surface area contributed by atoms with Crippen LogP contribution >= 0.6 is 0 Å². The Morgan fingerprint density at radius 1 is 1.33 bits per heavy atom. The zero-order chi connectivity index (χ0) is 15.2. The monoisotopic (exact) mass is 289 g/mol. The van der Waals surface area contributed by atoms with Gasteiger partial charge < -0.3 is 15.5 Å². The highest BCUT2D eigenvalue weighted by molar-refractivity contribution is 5.74. The first kappa shape index (κ1) is 15.7. The lowest BCUT2D eigenvalue weighted by atomic mass is 9.99. The number of hydrogen-bond donors (Lipinski definition) is 1. The van der Waals surface area contributed by atoms with Crippen LogP contribution in [0.4, 0.5) is 10.5 Å². The molecule has 0 saturated carbocycles. The van der Waals surface area contributed by atoms with E-state index in [0.717, 1.165) is 56.1 Å². The Balaban J connectivity index is 2.04. The largest absolute Gasteiger partial charge is 0.398 e. The van der Waals surface area contributed by atoms with Crippen LogP contribution in [0, 0.1) is 5.92 Å². The van der Waals surface area contributed by atoms with Gasteiger partial charge in [0.15, 0.2) is 0 Å². The van der Waals surface area contributed by atoms with Crippen LogP contribution in [-0.4, -0.2) is 35.5 Å². The summed E-state index contributed by atoms with van der Waals surface area (Å²) in [5.41, 5.74) is 7.81. The maximum absolute atomic E-state index is 12.7. The molecule has 21 heavy (non-hydrogen) atoms. The minimum Gasteiger partial charge on any atom is -0.398 e. The Hall–Kier alpha value is -1.71. The molecule has 1 heterocycles. The molecular formula is C17H27N3O. The summed E-state index contributed by atoms with van der Waals surface area (Å²) in [6.45, 7) is 7.50. The van der Waals surface area contributed by atoms with Gasteiger partial charge in [-0.05, 0) is 36.8 Å². The molecule has 4 heteroatoms. The highest BCUT2D eigenvalue weighted by Crippen LogP contribution is 2.19. The summed E-state index contributed by atoms with van der Waals surface area (Å²) in [5.74, 6) is 0.735. The molecule has 2 rings (SSSR count). The molecule has 0 aromatic heterocycles. The number of carbonyl (C=O) groups excluding carboxylic acids is 1. The second-order valence-electron chi connectivity index (χ2n) is 6.07. The zero-order valence-corrected chi connectivity index (χ0v) is 13.2. The fourth-order valence-electron chi connectivity index (χ4n) is 2.80. The molecule has 1 aliphatic heterocycles. The summed E-state index contributed by atoms with van der Waals surface area (Å²) < 4.78 is 0. The maximum atomic E-state index is 12.7. The van der Waals surface area contributed by atoms with Gasteiger partial charge >= 0.3 is 6.03 Å². The van der Waals surface area contributed by atoms with Crippen molar-refractivity contribution in [3.05, 3.63) is 29.8 Å². The predicted octanol–water partition coefficient (Wildman–Crippen LogP) is 3.33. The molecule has 0 spiro atoms. The van der Waals surface area contributed by atoms with Crippen molar-refractivity contribution in [3.8, 4) is 0 Å². The third kappa shape index (κ3) is 4.13. The number of piperidine rings is 1. The summed E-state index contributed by atoms with van der Waals surface area (Å²) >= 11 is 0. The van der Waals surface area contributed by atoms with Gasteiger partial charge in [-0.3, -0.25) is 0 Å². The molecule has 2 amide bonds. The third-order valence-corrected chi connectivity index (χ3v) is 4.23. The van der Waals surface area contributed by atoms with Crippen LogP contribution in [0.3, 0.4) is 0 Å². The van der Waals surface area contributed by atoms with Crippen molar-refractivity contribution in [2.75, 3.05) is 25.4 Å². The maximum Gasteiger partial charge on any atom is 0.320 e. The van der Waals surface area contributed by atoms with Crippen LogP contribution in [-0.2, 0) is 6.54 Å². The lowest BCUT2D eigenvalue weighted by Crippen LogP contribution is -2.46. The van der Waals surface area contributed by atoms with Crippen molar-refractivity contribution in [2.24, 2.45) is 5.92 Å². The van der Waals surface area contributed by atoms with Crippen molar-refractivity contribution in [3.63, 3.8) is 0 Å². The number of urea groups is 1. The van der Waals surface area contributed by atoms with Crippen LogP contribution in [0.15, 0.2) is 24.3 Å². The number of likely N-dealkylation sites (tertiary alicyclic amines) is 1. The van der Waals surface area contributed by atoms with Gasteiger partial charge in [0, 0.05) is 31.9 Å². The first-order valence-electron chi connectivity index (χ1n) is 7.99. The molecular weight excluding hydrogens is 262 g/mol. The van der Waals surface area contributed by atoms with E-state index >= 15 is 0 Å². The van der Waals surface area contributed by atoms with E-state index in [2.05, 4.69) is 13.8 Å². The molecule has 1 aromatic carbocycles. The van der Waals surface area contributed by atoms with E-state index in [1.165, 1.54) is 0 Å². The molecule has 1 aliphatic rings. The summed E-state index contributed by atoms with van der Waals surface area (Å²) in [7, 11) is 0. The lowest BCUT2D eigenvalue weighted by Gasteiger charge is -2.35. The van der Waals surface area contributed by atoms with Gasteiger partial charge in [0.1, 0.15) is 0 Å². The number of nitrogen functional groups attached to an aromatic ring is 1. The Morgan fingerprint density at radius 2 is 2.00 bits per heavy atom. The molecule has 0 aliphatic carbocycles. The summed E-state index contributed by atoms with van der Waals surface area (Å²) in [6, 6.07) is 7.96.